The number of ether oxygens (including phenoxy) is 1. The fourth-order valence-corrected chi connectivity index (χ4v) is 3.08. The summed E-state index contributed by atoms with van der Waals surface area (Å²) in [5.74, 6) is -2.29. The molecule has 1 unspecified atom stereocenters. The van der Waals surface area contributed by atoms with Gasteiger partial charge in [-0.15, -0.1) is 11.6 Å². The first kappa shape index (κ1) is 24.9. The predicted octanol–water partition coefficient (Wildman–Crippen LogP) is 0.690. The van der Waals surface area contributed by atoms with Crippen LogP contribution in [0, 0.1) is 5.92 Å². The normalized spacial score (nSPS) is 11.8. The molecule has 0 saturated heterocycles. The van der Waals surface area contributed by atoms with Crippen LogP contribution >= 0.6 is 11.6 Å². The summed E-state index contributed by atoms with van der Waals surface area (Å²) in [6.45, 7) is 3.65. The number of H-pyrrole nitrogens is 1. The standard InChI is InChI=1S/C20H27ClN6O5/c1-11(2)6-13(20(31)26-27(18(29)9-21)5-4-16(22)28)25-19(30)14-7-12-8-17(32-3)23-10-15(12)24-14/h7-8,10-11,13,24H,4-6,9H2,1-3H3,(H2,22,28)(H,25,30)(H,26,31). The highest BCUT2D eigenvalue weighted by molar-refractivity contribution is 6.27. The molecule has 5 N–H and O–H groups in total. The van der Waals surface area contributed by atoms with E-state index in [4.69, 9.17) is 22.1 Å². The summed E-state index contributed by atoms with van der Waals surface area (Å²) in [4.78, 5) is 55.8. The molecule has 0 aliphatic heterocycles. The summed E-state index contributed by atoms with van der Waals surface area (Å²) >= 11 is 5.59. The van der Waals surface area contributed by atoms with Crippen LogP contribution in [0.2, 0.25) is 0 Å². The number of fused-ring (bicyclic) bond motifs is 1. The van der Waals surface area contributed by atoms with Crippen molar-refractivity contribution in [3.8, 4) is 5.88 Å². The molecule has 2 aromatic heterocycles. The number of aromatic amines is 1. The molecule has 2 rings (SSSR count). The van der Waals surface area contributed by atoms with Crippen LogP contribution in [0.1, 0.15) is 37.2 Å². The Bertz CT molecular complexity index is 992. The maximum atomic E-state index is 12.9. The Morgan fingerprint density at radius 2 is 2.00 bits per heavy atom. The van der Waals surface area contributed by atoms with Gasteiger partial charge in [0.1, 0.15) is 17.6 Å². The Balaban J connectivity index is 2.17. The van der Waals surface area contributed by atoms with Crippen molar-refractivity contribution in [3.05, 3.63) is 24.0 Å². The Morgan fingerprint density at radius 1 is 1.28 bits per heavy atom. The molecule has 0 spiro atoms. The number of primary amides is 1. The Hall–Kier alpha value is -3.34. The number of amides is 4. The van der Waals surface area contributed by atoms with Gasteiger partial charge in [0, 0.05) is 17.9 Å². The minimum absolute atomic E-state index is 0.0602. The van der Waals surface area contributed by atoms with Gasteiger partial charge < -0.3 is 20.8 Å². The minimum Gasteiger partial charge on any atom is -0.481 e. The molecule has 0 fully saturated rings. The number of aromatic nitrogens is 2. The third-order valence-electron chi connectivity index (χ3n) is 4.51. The van der Waals surface area contributed by atoms with Gasteiger partial charge in [0.2, 0.25) is 11.8 Å². The van der Waals surface area contributed by atoms with Gasteiger partial charge in [-0.1, -0.05) is 13.8 Å². The van der Waals surface area contributed by atoms with Gasteiger partial charge in [-0.05, 0) is 18.4 Å². The average molecular weight is 467 g/mol. The smallest absolute Gasteiger partial charge is 0.268 e. The summed E-state index contributed by atoms with van der Waals surface area (Å²) in [6, 6.07) is 2.35. The van der Waals surface area contributed by atoms with E-state index in [-0.39, 0.29) is 24.6 Å². The SMILES string of the molecule is COc1cc2cc(C(=O)NC(CC(C)C)C(=O)NN(CCC(N)=O)C(=O)CCl)[nH]c2cn1. The van der Waals surface area contributed by atoms with Crippen LogP contribution in [0.25, 0.3) is 10.9 Å². The molecule has 2 heterocycles. The Morgan fingerprint density at radius 3 is 2.59 bits per heavy atom. The second-order valence-electron chi connectivity index (χ2n) is 7.52. The van der Waals surface area contributed by atoms with Gasteiger partial charge >= 0.3 is 0 Å². The molecule has 4 amide bonds. The molecule has 32 heavy (non-hydrogen) atoms. The van der Waals surface area contributed by atoms with E-state index in [0.717, 1.165) is 10.4 Å². The summed E-state index contributed by atoms with van der Waals surface area (Å²) in [7, 11) is 1.49. The van der Waals surface area contributed by atoms with Gasteiger partial charge in [0.15, 0.2) is 0 Å². The van der Waals surface area contributed by atoms with Crippen molar-refractivity contribution in [2.75, 3.05) is 19.5 Å². The largest absolute Gasteiger partial charge is 0.481 e. The third-order valence-corrected chi connectivity index (χ3v) is 4.73. The zero-order valence-electron chi connectivity index (χ0n) is 18.1. The van der Waals surface area contributed by atoms with Crippen LogP contribution in [-0.2, 0) is 14.4 Å². The van der Waals surface area contributed by atoms with Crippen molar-refractivity contribution in [3.63, 3.8) is 0 Å². The molecular formula is C20H27ClN6O5. The highest BCUT2D eigenvalue weighted by Gasteiger charge is 2.26. The number of alkyl halides is 1. The van der Waals surface area contributed by atoms with E-state index in [2.05, 4.69) is 20.7 Å². The molecular weight excluding hydrogens is 440 g/mol. The van der Waals surface area contributed by atoms with Crippen molar-refractivity contribution in [1.29, 1.82) is 0 Å². The number of carbonyl (C=O) groups excluding carboxylic acids is 4. The molecule has 12 heteroatoms. The number of methoxy groups -OCH3 is 1. The lowest BCUT2D eigenvalue weighted by Crippen LogP contribution is -2.55. The number of halogens is 1. The van der Waals surface area contributed by atoms with Crippen LogP contribution in [0.5, 0.6) is 5.88 Å². The van der Waals surface area contributed by atoms with E-state index in [9.17, 15) is 19.2 Å². The van der Waals surface area contributed by atoms with Crippen molar-refractivity contribution in [2.45, 2.75) is 32.7 Å². The van der Waals surface area contributed by atoms with Gasteiger partial charge in [-0.2, -0.15) is 0 Å². The number of nitrogens with zero attached hydrogens (tertiary/aromatic N) is 2. The zero-order valence-corrected chi connectivity index (χ0v) is 18.9. The fraction of sp³-hybridized carbons (Fsp3) is 0.450. The summed E-state index contributed by atoms with van der Waals surface area (Å²) in [5, 5.41) is 4.34. The molecule has 0 aliphatic carbocycles. The molecule has 0 aliphatic rings. The third kappa shape index (κ3) is 6.84. The molecule has 11 nitrogen and oxygen atoms in total. The lowest BCUT2D eigenvalue weighted by atomic mass is 10.0. The van der Waals surface area contributed by atoms with Gasteiger partial charge in [-0.3, -0.25) is 29.6 Å². The quantitative estimate of drug-likeness (QED) is 0.297. The van der Waals surface area contributed by atoms with Crippen LogP contribution < -0.4 is 21.2 Å². The topological polar surface area (TPSA) is 160 Å². The first-order valence-electron chi connectivity index (χ1n) is 9.93. The highest BCUT2D eigenvalue weighted by Crippen LogP contribution is 2.19. The Kier molecular flexibility index (Phi) is 8.82. The second kappa shape index (κ2) is 11.3. The van der Waals surface area contributed by atoms with E-state index in [1.807, 2.05) is 13.8 Å². The van der Waals surface area contributed by atoms with Crippen molar-refractivity contribution >= 4 is 46.1 Å². The number of hydrogen-bond donors (Lipinski definition) is 4. The number of hydrazine groups is 1. The summed E-state index contributed by atoms with van der Waals surface area (Å²) in [6.07, 6.45) is 1.69. The van der Waals surface area contributed by atoms with Gasteiger partial charge in [-0.25, -0.2) is 4.98 Å². The number of rotatable bonds is 10. The van der Waals surface area contributed by atoms with E-state index in [1.165, 1.54) is 13.3 Å². The minimum atomic E-state index is -0.944. The number of carbonyl (C=O) groups is 4. The van der Waals surface area contributed by atoms with Crippen molar-refractivity contribution in [2.24, 2.45) is 11.7 Å². The predicted molar refractivity (Wildman–Crippen MR) is 118 cm³/mol. The molecule has 174 valence electrons. The number of pyridine rings is 1. The van der Waals surface area contributed by atoms with Crippen LogP contribution in [0.15, 0.2) is 18.3 Å². The number of hydrogen-bond acceptors (Lipinski definition) is 6. The lowest BCUT2D eigenvalue weighted by Gasteiger charge is -2.26. The van der Waals surface area contributed by atoms with E-state index in [1.54, 1.807) is 12.1 Å². The number of nitrogens with one attached hydrogen (secondary N) is 3. The van der Waals surface area contributed by atoms with Gasteiger partial charge in [0.25, 0.3) is 17.7 Å². The van der Waals surface area contributed by atoms with Crippen LogP contribution in [0.3, 0.4) is 0 Å². The lowest BCUT2D eigenvalue weighted by molar-refractivity contribution is -0.141. The van der Waals surface area contributed by atoms with Crippen molar-refractivity contribution in [1.82, 2.24) is 25.7 Å². The zero-order chi connectivity index (χ0) is 23.8. The van der Waals surface area contributed by atoms with Crippen LogP contribution in [-0.4, -0.2) is 64.2 Å². The molecule has 0 aromatic carbocycles. The number of nitrogens with two attached hydrogens (primary N) is 1. The molecule has 1 atom stereocenters. The first-order valence-corrected chi connectivity index (χ1v) is 10.5. The average Bonchev–Trinajstić information content (AvgIpc) is 3.18. The monoisotopic (exact) mass is 466 g/mol. The molecule has 0 bridgehead atoms. The molecule has 0 saturated carbocycles. The van der Waals surface area contributed by atoms with E-state index in [0.29, 0.717) is 17.8 Å². The first-order chi connectivity index (χ1) is 15.1. The molecule has 2 aromatic rings. The second-order valence-corrected chi connectivity index (χ2v) is 7.79. The Labute approximate surface area is 190 Å². The van der Waals surface area contributed by atoms with Crippen molar-refractivity contribution < 1.29 is 23.9 Å². The van der Waals surface area contributed by atoms with Crippen LogP contribution in [0.4, 0.5) is 0 Å². The summed E-state index contributed by atoms with van der Waals surface area (Å²) in [5.41, 5.74) is 8.42. The maximum Gasteiger partial charge on any atom is 0.268 e. The highest BCUT2D eigenvalue weighted by atomic mass is 35.5. The molecule has 0 radical (unpaired) electrons. The van der Waals surface area contributed by atoms with E-state index < -0.39 is 35.6 Å². The fourth-order valence-electron chi connectivity index (χ4n) is 2.93. The van der Waals surface area contributed by atoms with E-state index >= 15 is 0 Å². The maximum absolute atomic E-state index is 12.9. The summed E-state index contributed by atoms with van der Waals surface area (Å²) < 4.78 is 5.08. The van der Waals surface area contributed by atoms with Gasteiger partial charge in [0.05, 0.1) is 25.4 Å².